The molecule has 5 rings (SSSR count). The molecule has 10 nitrogen and oxygen atoms in total. The molecule has 2 aromatic carbocycles. The molecule has 2 unspecified atom stereocenters. The van der Waals surface area contributed by atoms with Gasteiger partial charge in [0.1, 0.15) is 17.1 Å². The number of aliphatic hydroxyl groups is 2. The maximum Gasteiger partial charge on any atom is 0.261 e. The summed E-state index contributed by atoms with van der Waals surface area (Å²) in [6.07, 6.45) is 0.733. The Bertz CT molecular complexity index is 1530. The maximum absolute atomic E-state index is 12.9. The quantitative estimate of drug-likeness (QED) is 0.222. The second kappa shape index (κ2) is 10.4. The number of fused-ring (bicyclic) bond motifs is 1. The van der Waals surface area contributed by atoms with Gasteiger partial charge in [-0.3, -0.25) is 4.79 Å². The van der Waals surface area contributed by atoms with Crippen molar-refractivity contribution in [2.45, 2.75) is 25.7 Å². The molecule has 1 aliphatic heterocycles. The molecule has 0 aliphatic carbocycles. The number of H-pyrrole nitrogens is 2. The van der Waals surface area contributed by atoms with E-state index in [-0.39, 0.29) is 12.1 Å². The molecule has 0 radical (unpaired) electrons. The number of imidazole rings is 1. The number of anilines is 2. The summed E-state index contributed by atoms with van der Waals surface area (Å²) in [6.45, 7) is 5.22. The van der Waals surface area contributed by atoms with Crippen molar-refractivity contribution in [1.29, 1.82) is 0 Å². The third-order valence-corrected chi connectivity index (χ3v) is 7.25. The molecule has 1 saturated heterocycles. The number of ether oxygens (including phenoxy) is 2. The number of aryl methyl sites for hydroxylation is 1. The Morgan fingerprint density at radius 1 is 1.32 bits per heavy atom. The van der Waals surface area contributed by atoms with E-state index in [0.717, 1.165) is 26.8 Å². The summed E-state index contributed by atoms with van der Waals surface area (Å²) in [5, 5.41) is 24.3. The fraction of sp³-hybridized carbons (Fsp3) is 0.333. The number of hydrogen-bond donors (Lipinski definition) is 5. The largest absolute Gasteiger partial charge is 0.496 e. The fourth-order valence-electron chi connectivity index (χ4n) is 4.72. The lowest BCUT2D eigenvalue weighted by Gasteiger charge is -2.38. The molecule has 1 fully saturated rings. The second-order valence-corrected chi connectivity index (χ2v) is 10.4. The van der Waals surface area contributed by atoms with E-state index in [4.69, 9.17) is 14.5 Å². The monoisotopic (exact) mass is 583 g/mol. The van der Waals surface area contributed by atoms with Gasteiger partial charge in [-0.1, -0.05) is 6.07 Å². The number of aliphatic hydroxyl groups excluding tert-OH is 1. The van der Waals surface area contributed by atoms with E-state index in [1.165, 1.54) is 0 Å². The number of benzene rings is 2. The van der Waals surface area contributed by atoms with E-state index in [1.807, 2.05) is 19.1 Å². The van der Waals surface area contributed by atoms with E-state index in [2.05, 4.69) is 36.1 Å². The maximum atomic E-state index is 12.9. The summed E-state index contributed by atoms with van der Waals surface area (Å²) in [6, 6.07) is 11.1. The van der Waals surface area contributed by atoms with Gasteiger partial charge in [-0.25, -0.2) is 4.98 Å². The first-order valence-corrected chi connectivity index (χ1v) is 13.0. The minimum atomic E-state index is -1.22. The van der Waals surface area contributed by atoms with Crippen molar-refractivity contribution in [2.24, 2.45) is 0 Å². The van der Waals surface area contributed by atoms with Gasteiger partial charge in [0.2, 0.25) is 0 Å². The van der Waals surface area contributed by atoms with Crippen molar-refractivity contribution in [2.75, 3.05) is 43.6 Å². The lowest BCUT2D eigenvalue weighted by molar-refractivity contribution is -0.193. The van der Waals surface area contributed by atoms with Crippen molar-refractivity contribution in [1.82, 2.24) is 15.0 Å². The van der Waals surface area contributed by atoms with Crippen molar-refractivity contribution in [3.63, 3.8) is 0 Å². The Kier molecular flexibility index (Phi) is 7.19. The Morgan fingerprint density at radius 3 is 2.87 bits per heavy atom. The SMILES string of the molecule is COc1ccc(C(O)CNc2cc[nH]c(=O)c2-c2nc3c(C)cc(N4CCOC(C)(O)C4)cc3[nH]2)cc1Br. The number of β-amino-alcohol motifs (C(OH)–C–C–N with tert-alkyl or cyclic N) is 1. The molecule has 38 heavy (non-hydrogen) atoms. The summed E-state index contributed by atoms with van der Waals surface area (Å²) < 4.78 is 11.4. The van der Waals surface area contributed by atoms with Crippen LogP contribution in [0.2, 0.25) is 0 Å². The Morgan fingerprint density at radius 2 is 2.13 bits per heavy atom. The van der Waals surface area contributed by atoms with Gasteiger partial charge in [-0.2, -0.15) is 0 Å². The third-order valence-electron chi connectivity index (χ3n) is 6.63. The van der Waals surface area contributed by atoms with Crippen LogP contribution in [0.25, 0.3) is 22.4 Å². The summed E-state index contributed by atoms with van der Waals surface area (Å²) in [7, 11) is 1.58. The van der Waals surface area contributed by atoms with Gasteiger partial charge >= 0.3 is 0 Å². The molecule has 0 bridgehead atoms. The minimum absolute atomic E-state index is 0.176. The Balaban J connectivity index is 1.43. The smallest absolute Gasteiger partial charge is 0.261 e. The number of aromatic amines is 2. The molecule has 11 heteroatoms. The molecule has 200 valence electrons. The molecule has 2 atom stereocenters. The van der Waals surface area contributed by atoms with Crippen LogP contribution in [-0.4, -0.2) is 64.3 Å². The van der Waals surface area contributed by atoms with Crippen molar-refractivity contribution in [3.05, 3.63) is 68.5 Å². The molecule has 4 aromatic rings. The third kappa shape index (κ3) is 5.28. The van der Waals surface area contributed by atoms with E-state index in [1.54, 1.807) is 44.5 Å². The van der Waals surface area contributed by atoms with Crippen LogP contribution in [0.4, 0.5) is 11.4 Å². The number of nitrogens with one attached hydrogen (secondary N) is 3. The average molecular weight is 584 g/mol. The normalized spacial score (nSPS) is 18.5. The highest BCUT2D eigenvalue weighted by Crippen LogP contribution is 2.32. The first kappa shape index (κ1) is 26.2. The zero-order chi connectivity index (χ0) is 27.0. The zero-order valence-electron chi connectivity index (χ0n) is 21.3. The highest BCUT2D eigenvalue weighted by Gasteiger charge is 2.30. The second-order valence-electron chi connectivity index (χ2n) is 9.58. The highest BCUT2D eigenvalue weighted by molar-refractivity contribution is 9.10. The van der Waals surface area contributed by atoms with Crippen LogP contribution < -0.4 is 20.5 Å². The highest BCUT2D eigenvalue weighted by atomic mass is 79.9. The fourth-order valence-corrected chi connectivity index (χ4v) is 5.28. The molecule has 0 saturated carbocycles. The van der Waals surface area contributed by atoms with E-state index >= 15 is 0 Å². The van der Waals surface area contributed by atoms with Crippen LogP contribution in [0, 0.1) is 6.92 Å². The molecule has 1 aliphatic rings. The first-order valence-electron chi connectivity index (χ1n) is 12.2. The van der Waals surface area contributed by atoms with Gasteiger partial charge in [0.25, 0.3) is 5.56 Å². The number of pyridine rings is 1. The van der Waals surface area contributed by atoms with Crippen LogP contribution in [0.1, 0.15) is 24.2 Å². The Labute approximate surface area is 227 Å². The number of halogens is 1. The number of aromatic nitrogens is 3. The topological polar surface area (TPSA) is 136 Å². The molecule has 0 spiro atoms. The minimum Gasteiger partial charge on any atom is -0.496 e. The lowest BCUT2D eigenvalue weighted by Crippen LogP contribution is -2.50. The molecular formula is C27H30BrN5O5. The molecular weight excluding hydrogens is 554 g/mol. The summed E-state index contributed by atoms with van der Waals surface area (Å²) in [5.74, 6) is -0.127. The van der Waals surface area contributed by atoms with Gasteiger partial charge in [-0.05, 0) is 71.2 Å². The predicted molar refractivity (Wildman–Crippen MR) is 150 cm³/mol. The van der Waals surface area contributed by atoms with Gasteiger partial charge in [0.05, 0.1) is 47.6 Å². The summed E-state index contributed by atoms with van der Waals surface area (Å²) in [4.78, 5) is 25.8. The number of hydrogen-bond acceptors (Lipinski definition) is 8. The van der Waals surface area contributed by atoms with Crippen LogP contribution in [0.3, 0.4) is 0 Å². The molecule has 2 aromatic heterocycles. The molecule has 3 heterocycles. The summed E-state index contributed by atoms with van der Waals surface area (Å²) in [5.41, 5.74) is 4.68. The molecule has 5 N–H and O–H groups in total. The van der Waals surface area contributed by atoms with Crippen LogP contribution in [-0.2, 0) is 4.74 Å². The standard InChI is InChI=1S/C27H30BrN5O5/c1-15-10-17(33-8-9-38-27(2,36)14-33)12-20-24(15)32-25(31-20)23-19(6-7-29-26(23)35)30-13-21(34)16-4-5-22(37-3)18(28)11-16/h4-7,10-12,21,34,36H,8-9,13-14H2,1-3H3,(H,31,32)(H2,29,30,35). The van der Waals surface area contributed by atoms with Crippen molar-refractivity contribution in [3.8, 4) is 17.1 Å². The number of rotatable bonds is 7. The van der Waals surface area contributed by atoms with Gasteiger partial charge < -0.3 is 39.9 Å². The number of nitrogens with zero attached hydrogens (tertiary/aromatic N) is 2. The van der Waals surface area contributed by atoms with Crippen molar-refractivity contribution < 1.29 is 19.7 Å². The number of morpholine rings is 1. The Hall–Kier alpha value is -3.38. The van der Waals surface area contributed by atoms with E-state index < -0.39 is 11.9 Å². The number of methoxy groups -OCH3 is 1. The lowest BCUT2D eigenvalue weighted by atomic mass is 10.1. The van der Waals surface area contributed by atoms with Crippen molar-refractivity contribution >= 4 is 38.3 Å². The van der Waals surface area contributed by atoms with Crippen LogP contribution in [0.15, 0.2) is 51.9 Å². The van der Waals surface area contributed by atoms with E-state index in [9.17, 15) is 15.0 Å². The van der Waals surface area contributed by atoms with Gasteiger partial charge in [0.15, 0.2) is 5.79 Å². The molecule has 0 amide bonds. The van der Waals surface area contributed by atoms with Crippen LogP contribution >= 0.6 is 15.9 Å². The first-order chi connectivity index (χ1) is 18.1. The summed E-state index contributed by atoms with van der Waals surface area (Å²) >= 11 is 3.45. The van der Waals surface area contributed by atoms with Gasteiger partial charge in [0, 0.05) is 25.0 Å². The average Bonchev–Trinajstić information content (AvgIpc) is 3.31. The zero-order valence-corrected chi connectivity index (χ0v) is 22.9. The predicted octanol–water partition coefficient (Wildman–Crippen LogP) is 3.69. The van der Waals surface area contributed by atoms with Crippen LogP contribution in [0.5, 0.6) is 5.75 Å². The van der Waals surface area contributed by atoms with E-state index in [0.29, 0.717) is 48.1 Å². The van der Waals surface area contributed by atoms with Gasteiger partial charge in [-0.15, -0.1) is 0 Å².